The van der Waals surface area contributed by atoms with Gasteiger partial charge in [0.15, 0.2) is 0 Å². The van der Waals surface area contributed by atoms with Crippen LogP contribution >= 0.6 is 0 Å². The van der Waals surface area contributed by atoms with Crippen LogP contribution in [0.4, 0.5) is 5.69 Å². The van der Waals surface area contributed by atoms with Crippen molar-refractivity contribution in [2.75, 3.05) is 18.1 Å². The summed E-state index contributed by atoms with van der Waals surface area (Å²) in [5.74, 6) is -1.15. The van der Waals surface area contributed by atoms with E-state index < -0.39 is 17.8 Å². The molecule has 0 bridgehead atoms. The first-order chi connectivity index (χ1) is 10.8. The SMILES string of the molecule is CC(C)(C)c1cccc2c1OCCN2C(=O)C1CCC1C(=O)O. The van der Waals surface area contributed by atoms with Gasteiger partial charge in [-0.2, -0.15) is 0 Å². The normalized spacial score (nSPS) is 23.5. The summed E-state index contributed by atoms with van der Waals surface area (Å²) in [5, 5.41) is 9.20. The second-order valence-electron chi connectivity index (χ2n) is 7.37. The number of hydrogen-bond donors (Lipinski definition) is 1. The van der Waals surface area contributed by atoms with E-state index in [4.69, 9.17) is 4.74 Å². The Morgan fingerprint density at radius 3 is 2.48 bits per heavy atom. The molecular weight excluding hydrogens is 294 g/mol. The molecule has 1 aliphatic carbocycles. The van der Waals surface area contributed by atoms with E-state index >= 15 is 0 Å². The number of aliphatic carboxylic acids is 1. The smallest absolute Gasteiger partial charge is 0.307 e. The number of carbonyl (C=O) groups excluding carboxylic acids is 1. The molecule has 1 aromatic rings. The van der Waals surface area contributed by atoms with Crippen molar-refractivity contribution in [2.24, 2.45) is 11.8 Å². The highest BCUT2D eigenvalue weighted by atomic mass is 16.5. The highest BCUT2D eigenvalue weighted by Gasteiger charge is 2.44. The molecule has 1 aliphatic heterocycles. The van der Waals surface area contributed by atoms with Crippen molar-refractivity contribution in [1.29, 1.82) is 0 Å². The van der Waals surface area contributed by atoms with Crippen LogP contribution in [-0.4, -0.2) is 30.1 Å². The summed E-state index contributed by atoms with van der Waals surface area (Å²) >= 11 is 0. The average Bonchev–Trinajstić information content (AvgIpc) is 2.43. The Morgan fingerprint density at radius 1 is 1.22 bits per heavy atom. The van der Waals surface area contributed by atoms with Gasteiger partial charge in [-0.25, -0.2) is 0 Å². The van der Waals surface area contributed by atoms with Crippen molar-refractivity contribution in [3.63, 3.8) is 0 Å². The number of rotatable bonds is 2. The third kappa shape index (κ3) is 2.69. The zero-order valence-corrected chi connectivity index (χ0v) is 13.8. The van der Waals surface area contributed by atoms with Gasteiger partial charge in [-0.15, -0.1) is 0 Å². The first kappa shape index (κ1) is 15.8. The number of hydrogen-bond acceptors (Lipinski definition) is 3. The Labute approximate surface area is 136 Å². The summed E-state index contributed by atoms with van der Waals surface area (Å²) in [6.07, 6.45) is 1.24. The molecule has 23 heavy (non-hydrogen) atoms. The maximum atomic E-state index is 12.8. The lowest BCUT2D eigenvalue weighted by molar-refractivity contribution is -0.152. The topological polar surface area (TPSA) is 66.8 Å². The van der Waals surface area contributed by atoms with E-state index in [0.29, 0.717) is 26.0 Å². The van der Waals surface area contributed by atoms with Crippen LogP contribution < -0.4 is 9.64 Å². The van der Waals surface area contributed by atoms with Crippen molar-refractivity contribution in [1.82, 2.24) is 0 Å². The summed E-state index contributed by atoms with van der Waals surface area (Å²) in [6, 6.07) is 5.84. The standard InChI is InChI=1S/C18H23NO4/c1-18(2,3)13-5-4-6-14-15(13)23-10-9-19(14)16(20)11-7-8-12(11)17(21)22/h4-6,11-12H,7-10H2,1-3H3,(H,21,22). The van der Waals surface area contributed by atoms with Gasteiger partial charge in [0.1, 0.15) is 12.4 Å². The van der Waals surface area contributed by atoms with Crippen molar-refractivity contribution in [2.45, 2.75) is 39.0 Å². The minimum atomic E-state index is -0.869. The Morgan fingerprint density at radius 2 is 1.91 bits per heavy atom. The first-order valence-electron chi connectivity index (χ1n) is 8.11. The van der Waals surface area contributed by atoms with Gasteiger partial charge in [-0.1, -0.05) is 32.9 Å². The number of amides is 1. The molecule has 2 unspecified atom stereocenters. The molecule has 1 fully saturated rings. The lowest BCUT2D eigenvalue weighted by Gasteiger charge is -2.39. The molecule has 1 heterocycles. The minimum absolute atomic E-state index is 0.0840. The molecule has 1 N–H and O–H groups in total. The lowest BCUT2D eigenvalue weighted by atomic mass is 9.72. The summed E-state index contributed by atoms with van der Waals surface area (Å²) in [4.78, 5) is 25.8. The van der Waals surface area contributed by atoms with E-state index in [0.717, 1.165) is 17.0 Å². The molecule has 5 heteroatoms. The van der Waals surface area contributed by atoms with E-state index in [1.165, 1.54) is 0 Å². The molecule has 124 valence electrons. The molecule has 2 aliphatic rings. The molecule has 2 atom stereocenters. The lowest BCUT2D eigenvalue weighted by Crippen LogP contribution is -2.48. The number of nitrogens with zero attached hydrogens (tertiary/aromatic N) is 1. The zero-order chi connectivity index (χ0) is 16.8. The second-order valence-corrected chi connectivity index (χ2v) is 7.37. The Balaban J connectivity index is 1.93. The monoisotopic (exact) mass is 317 g/mol. The van der Waals surface area contributed by atoms with Gasteiger partial charge in [-0.3, -0.25) is 9.59 Å². The number of anilines is 1. The minimum Gasteiger partial charge on any atom is -0.489 e. The maximum absolute atomic E-state index is 12.8. The van der Waals surface area contributed by atoms with Crippen molar-refractivity contribution in [3.05, 3.63) is 23.8 Å². The molecule has 0 saturated heterocycles. The fourth-order valence-electron chi connectivity index (χ4n) is 3.36. The number of carboxylic acid groups (broad SMARTS) is 1. The van der Waals surface area contributed by atoms with Crippen LogP contribution in [0.3, 0.4) is 0 Å². The number of carboxylic acids is 1. The van der Waals surface area contributed by atoms with Gasteiger partial charge in [-0.05, 0) is 24.3 Å². The van der Waals surface area contributed by atoms with E-state index in [1.807, 2.05) is 18.2 Å². The van der Waals surface area contributed by atoms with Gasteiger partial charge >= 0.3 is 5.97 Å². The number of para-hydroxylation sites is 1. The molecule has 5 nitrogen and oxygen atoms in total. The van der Waals surface area contributed by atoms with Crippen LogP contribution in [0.2, 0.25) is 0 Å². The van der Waals surface area contributed by atoms with Gasteiger partial charge < -0.3 is 14.7 Å². The van der Waals surface area contributed by atoms with Gasteiger partial charge in [0.25, 0.3) is 0 Å². The molecule has 3 rings (SSSR count). The highest BCUT2D eigenvalue weighted by molar-refractivity contribution is 5.99. The van der Waals surface area contributed by atoms with Crippen LogP contribution in [0.25, 0.3) is 0 Å². The van der Waals surface area contributed by atoms with Crippen LogP contribution in [0.15, 0.2) is 18.2 Å². The van der Waals surface area contributed by atoms with Crippen LogP contribution in [-0.2, 0) is 15.0 Å². The molecule has 0 aromatic heterocycles. The van der Waals surface area contributed by atoms with E-state index in [-0.39, 0.29) is 11.3 Å². The van der Waals surface area contributed by atoms with E-state index in [9.17, 15) is 14.7 Å². The number of ether oxygens (including phenoxy) is 1. The van der Waals surface area contributed by atoms with Crippen LogP contribution in [0.5, 0.6) is 5.75 Å². The Hall–Kier alpha value is -2.04. The predicted molar refractivity (Wildman–Crippen MR) is 86.8 cm³/mol. The molecule has 1 saturated carbocycles. The van der Waals surface area contributed by atoms with Gasteiger partial charge in [0.2, 0.25) is 5.91 Å². The van der Waals surface area contributed by atoms with Crippen molar-refractivity contribution >= 4 is 17.6 Å². The third-order valence-corrected chi connectivity index (χ3v) is 4.83. The third-order valence-electron chi connectivity index (χ3n) is 4.83. The molecule has 1 aromatic carbocycles. The highest BCUT2D eigenvalue weighted by Crippen LogP contribution is 2.43. The average molecular weight is 317 g/mol. The summed E-state index contributed by atoms with van der Waals surface area (Å²) in [7, 11) is 0. The second kappa shape index (κ2) is 5.55. The molecule has 1 amide bonds. The summed E-state index contributed by atoms with van der Waals surface area (Å²) < 4.78 is 5.86. The number of benzene rings is 1. The van der Waals surface area contributed by atoms with Crippen LogP contribution in [0.1, 0.15) is 39.2 Å². The largest absolute Gasteiger partial charge is 0.489 e. The summed E-state index contributed by atoms with van der Waals surface area (Å²) in [5.41, 5.74) is 1.75. The first-order valence-corrected chi connectivity index (χ1v) is 8.11. The van der Waals surface area contributed by atoms with Gasteiger partial charge in [0, 0.05) is 5.56 Å². The molecule has 0 spiro atoms. The van der Waals surface area contributed by atoms with Crippen LogP contribution in [0, 0.1) is 11.8 Å². The number of fused-ring (bicyclic) bond motifs is 1. The Bertz CT molecular complexity index is 647. The fourth-order valence-corrected chi connectivity index (χ4v) is 3.36. The van der Waals surface area contributed by atoms with Crippen molar-refractivity contribution < 1.29 is 19.4 Å². The zero-order valence-electron chi connectivity index (χ0n) is 13.8. The molecule has 0 radical (unpaired) electrons. The van der Waals surface area contributed by atoms with Gasteiger partial charge in [0.05, 0.1) is 24.1 Å². The van der Waals surface area contributed by atoms with E-state index in [2.05, 4.69) is 20.8 Å². The maximum Gasteiger partial charge on any atom is 0.307 e. The quantitative estimate of drug-likeness (QED) is 0.911. The number of carbonyl (C=O) groups is 2. The van der Waals surface area contributed by atoms with E-state index in [1.54, 1.807) is 4.90 Å². The summed E-state index contributed by atoms with van der Waals surface area (Å²) in [6.45, 7) is 7.25. The van der Waals surface area contributed by atoms with Crippen molar-refractivity contribution in [3.8, 4) is 5.75 Å². The Kier molecular flexibility index (Phi) is 3.82. The predicted octanol–water partition coefficient (Wildman–Crippen LogP) is 2.82. The fraction of sp³-hybridized carbons (Fsp3) is 0.556. The molecular formula is C18H23NO4.